The van der Waals surface area contributed by atoms with E-state index in [-0.39, 0.29) is 12.5 Å². The zero-order valence-electron chi connectivity index (χ0n) is 14.1. The Hall–Kier alpha value is -3.27. The zero-order valence-corrected chi connectivity index (χ0v) is 14.1. The van der Waals surface area contributed by atoms with Gasteiger partial charge in [0.1, 0.15) is 5.82 Å². The summed E-state index contributed by atoms with van der Waals surface area (Å²) < 4.78 is 13.3. The van der Waals surface area contributed by atoms with Gasteiger partial charge in [-0.15, -0.1) is 0 Å². The van der Waals surface area contributed by atoms with Gasteiger partial charge in [0.25, 0.3) is 0 Å². The van der Waals surface area contributed by atoms with Crippen LogP contribution in [0.3, 0.4) is 0 Å². The Kier molecular flexibility index (Phi) is 3.42. The Morgan fingerprint density at radius 1 is 0.615 bits per heavy atom. The average molecular weight is 338 g/mol. The van der Waals surface area contributed by atoms with Crippen LogP contribution in [0.5, 0.6) is 0 Å². The van der Waals surface area contributed by atoms with Crippen molar-refractivity contribution in [2.45, 2.75) is 0 Å². The lowest BCUT2D eigenvalue weighted by Gasteiger charge is -2.36. The Labute approximate surface area is 152 Å². The molecule has 0 fully saturated rings. The molecule has 3 aromatic carbocycles. The Morgan fingerprint density at radius 2 is 1.19 bits per heavy atom. The lowest BCUT2D eigenvalue weighted by Crippen LogP contribution is -2.41. The van der Waals surface area contributed by atoms with E-state index >= 15 is 0 Å². The van der Waals surface area contributed by atoms with Gasteiger partial charge in [0.05, 0.1) is 0 Å². The van der Waals surface area contributed by atoms with E-state index in [9.17, 15) is 4.39 Å². The maximum absolute atomic E-state index is 13.3. The van der Waals surface area contributed by atoms with Crippen molar-refractivity contribution >= 4 is 34.9 Å². The van der Waals surface area contributed by atoms with Gasteiger partial charge in [0.2, 0.25) is 6.71 Å². The largest absolute Gasteiger partial charge is 0.319 e. The fourth-order valence-electron chi connectivity index (χ4n) is 3.72. The summed E-state index contributed by atoms with van der Waals surface area (Å²) in [6.07, 6.45) is 4.22. The number of para-hydroxylation sites is 1. The van der Waals surface area contributed by atoms with E-state index in [4.69, 9.17) is 0 Å². The molecule has 2 aliphatic rings. The van der Waals surface area contributed by atoms with Crippen LogP contribution >= 0.6 is 0 Å². The van der Waals surface area contributed by atoms with Crippen molar-refractivity contribution in [3.05, 3.63) is 103 Å². The van der Waals surface area contributed by atoms with Crippen LogP contribution in [0.15, 0.2) is 97.1 Å². The van der Waals surface area contributed by atoms with Gasteiger partial charge in [-0.25, -0.2) is 4.39 Å². The van der Waals surface area contributed by atoms with Gasteiger partial charge >= 0.3 is 0 Å². The van der Waals surface area contributed by atoms with Gasteiger partial charge in [0, 0.05) is 22.7 Å². The van der Waals surface area contributed by atoms with Gasteiger partial charge in [0.15, 0.2) is 0 Å². The fraction of sp³-hybridized carbons (Fsp3) is 0. The molecule has 124 valence electrons. The number of hydrogen-bond acceptors (Lipinski definition) is 2. The van der Waals surface area contributed by atoms with Crippen molar-refractivity contribution in [3.63, 3.8) is 0 Å². The minimum Gasteiger partial charge on any atom is -0.319 e. The van der Waals surface area contributed by atoms with Crippen LogP contribution in [0.1, 0.15) is 0 Å². The van der Waals surface area contributed by atoms with E-state index in [0.717, 1.165) is 17.1 Å². The molecule has 0 N–H and O–H groups in total. The highest BCUT2D eigenvalue weighted by Crippen LogP contribution is 2.35. The zero-order chi connectivity index (χ0) is 17.5. The summed E-state index contributed by atoms with van der Waals surface area (Å²) in [7, 11) is 0. The monoisotopic (exact) mass is 338 g/mol. The quantitative estimate of drug-likeness (QED) is 0.611. The van der Waals surface area contributed by atoms with Crippen molar-refractivity contribution in [2.24, 2.45) is 0 Å². The standard InChI is InChI=1S/C22H16BFN2/c24-17-9-11-19(12-10-17)26-16-14-23-13-15-25(18-5-2-1-3-6-18)20-7-4-8-21(26)22(20)23/h1-16H. The molecule has 0 aliphatic carbocycles. The second-order valence-electron chi connectivity index (χ2n) is 6.47. The molecule has 3 aromatic rings. The van der Waals surface area contributed by atoms with Gasteiger partial charge in [-0.2, -0.15) is 0 Å². The number of rotatable bonds is 2. The van der Waals surface area contributed by atoms with Gasteiger partial charge in [-0.3, -0.25) is 0 Å². The Balaban J connectivity index is 1.65. The molecule has 0 radical (unpaired) electrons. The van der Waals surface area contributed by atoms with E-state index in [1.54, 1.807) is 0 Å². The molecule has 4 heteroatoms. The molecular weight excluding hydrogens is 322 g/mol. The summed E-state index contributed by atoms with van der Waals surface area (Å²) in [5, 5.41) is 0. The first-order valence-corrected chi connectivity index (χ1v) is 8.70. The number of anilines is 4. The molecule has 0 amide bonds. The number of halogens is 1. The second kappa shape index (κ2) is 5.92. The molecule has 0 unspecified atom stereocenters. The molecule has 0 atom stereocenters. The summed E-state index contributed by atoms with van der Waals surface area (Å²) >= 11 is 0. The number of hydrogen-bond donors (Lipinski definition) is 0. The fourth-order valence-corrected chi connectivity index (χ4v) is 3.72. The average Bonchev–Trinajstić information content (AvgIpc) is 2.70. The molecule has 0 bridgehead atoms. The van der Waals surface area contributed by atoms with Crippen molar-refractivity contribution < 1.29 is 4.39 Å². The molecule has 5 rings (SSSR count). The van der Waals surface area contributed by atoms with Gasteiger partial charge < -0.3 is 9.80 Å². The topological polar surface area (TPSA) is 6.48 Å². The number of benzene rings is 3. The third kappa shape index (κ3) is 2.34. The van der Waals surface area contributed by atoms with Crippen molar-refractivity contribution in [3.8, 4) is 0 Å². The first-order valence-electron chi connectivity index (χ1n) is 8.70. The SMILES string of the molecule is Fc1ccc(N2C=CB3C=CN(c4ccccc4)c4cccc2c43)cc1. The summed E-state index contributed by atoms with van der Waals surface area (Å²) in [5.74, 6) is 4.19. The van der Waals surface area contributed by atoms with Crippen LogP contribution in [0.2, 0.25) is 0 Å². The lowest BCUT2D eigenvalue weighted by atomic mass is 9.42. The smallest absolute Gasteiger partial charge is 0.234 e. The molecular formula is C22H16BFN2. The molecule has 2 heterocycles. The molecule has 0 saturated carbocycles. The third-order valence-electron chi connectivity index (χ3n) is 4.94. The van der Waals surface area contributed by atoms with Crippen molar-refractivity contribution in [1.29, 1.82) is 0 Å². The molecule has 26 heavy (non-hydrogen) atoms. The molecule has 0 saturated heterocycles. The van der Waals surface area contributed by atoms with Crippen LogP contribution in [-0.2, 0) is 0 Å². The number of nitrogens with zero attached hydrogens (tertiary/aromatic N) is 2. The predicted molar refractivity (Wildman–Crippen MR) is 107 cm³/mol. The van der Waals surface area contributed by atoms with E-state index in [2.05, 4.69) is 76.6 Å². The highest BCUT2D eigenvalue weighted by molar-refractivity contribution is 6.85. The van der Waals surface area contributed by atoms with Crippen LogP contribution < -0.4 is 15.3 Å². The molecule has 2 aliphatic heterocycles. The predicted octanol–water partition coefficient (Wildman–Crippen LogP) is 4.94. The minimum atomic E-state index is -0.221. The highest BCUT2D eigenvalue weighted by atomic mass is 19.1. The lowest BCUT2D eigenvalue weighted by molar-refractivity contribution is 0.628. The van der Waals surface area contributed by atoms with Crippen LogP contribution in [0.4, 0.5) is 27.1 Å². The van der Waals surface area contributed by atoms with E-state index in [1.807, 2.05) is 18.2 Å². The minimum absolute atomic E-state index is 0.221. The van der Waals surface area contributed by atoms with Crippen LogP contribution in [0, 0.1) is 5.82 Å². The van der Waals surface area contributed by atoms with Crippen LogP contribution in [-0.4, -0.2) is 6.71 Å². The Morgan fingerprint density at radius 3 is 1.81 bits per heavy atom. The molecule has 2 nitrogen and oxygen atoms in total. The Bertz CT molecular complexity index is 1010. The normalized spacial score (nSPS) is 14.6. The van der Waals surface area contributed by atoms with Crippen molar-refractivity contribution in [2.75, 3.05) is 9.80 Å². The van der Waals surface area contributed by atoms with E-state index < -0.39 is 0 Å². The van der Waals surface area contributed by atoms with Crippen LogP contribution in [0.25, 0.3) is 0 Å². The molecule has 0 aromatic heterocycles. The summed E-state index contributed by atoms with van der Waals surface area (Å²) in [6.45, 7) is 0.248. The van der Waals surface area contributed by atoms with E-state index in [1.165, 1.54) is 23.3 Å². The first-order chi connectivity index (χ1) is 12.8. The summed E-state index contributed by atoms with van der Waals surface area (Å²) in [6, 6.07) is 23.3. The second-order valence-corrected chi connectivity index (χ2v) is 6.47. The maximum Gasteiger partial charge on any atom is 0.234 e. The first kappa shape index (κ1) is 15.0. The van der Waals surface area contributed by atoms with E-state index in [0.29, 0.717) is 0 Å². The third-order valence-corrected chi connectivity index (χ3v) is 4.94. The highest BCUT2D eigenvalue weighted by Gasteiger charge is 2.30. The molecule has 0 spiro atoms. The summed E-state index contributed by atoms with van der Waals surface area (Å²) in [5.41, 5.74) is 5.67. The maximum atomic E-state index is 13.3. The summed E-state index contributed by atoms with van der Waals surface area (Å²) in [4.78, 5) is 4.34. The van der Waals surface area contributed by atoms with Crippen molar-refractivity contribution in [1.82, 2.24) is 0 Å². The van der Waals surface area contributed by atoms with Gasteiger partial charge in [-0.1, -0.05) is 36.2 Å². The van der Waals surface area contributed by atoms with Gasteiger partial charge in [-0.05, 0) is 66.4 Å².